The van der Waals surface area contributed by atoms with E-state index in [1.54, 1.807) is 24.3 Å². The third-order valence-corrected chi connectivity index (χ3v) is 3.42. The number of benzene rings is 2. The summed E-state index contributed by atoms with van der Waals surface area (Å²) >= 11 is 9.30. The number of carboxylic acid groups (broad SMARTS) is 1. The molecule has 2 aromatic rings. The number of aromatic carboxylic acids is 1. The SMILES string of the molecule is Nc1ccc(C(=O)O)cc1Nc1cc(Cl)ccc1Br. The van der Waals surface area contributed by atoms with Crippen molar-refractivity contribution < 1.29 is 9.90 Å². The largest absolute Gasteiger partial charge is 0.478 e. The summed E-state index contributed by atoms with van der Waals surface area (Å²) in [5, 5.41) is 12.6. The number of halogens is 2. The van der Waals surface area contributed by atoms with Gasteiger partial charge in [-0.15, -0.1) is 0 Å². The zero-order valence-electron chi connectivity index (χ0n) is 9.65. The second-order valence-electron chi connectivity index (χ2n) is 3.86. The number of carboxylic acids is 1. The number of carbonyl (C=O) groups is 1. The maximum atomic E-state index is 10.9. The fraction of sp³-hybridized carbons (Fsp3) is 0. The van der Waals surface area contributed by atoms with Gasteiger partial charge in [0.2, 0.25) is 0 Å². The molecule has 0 aliphatic carbocycles. The van der Waals surface area contributed by atoms with Crippen LogP contribution in [0.3, 0.4) is 0 Å². The first-order valence-corrected chi connectivity index (χ1v) is 6.49. The Kier molecular flexibility index (Phi) is 3.97. The minimum atomic E-state index is -1.01. The van der Waals surface area contributed by atoms with E-state index < -0.39 is 5.97 Å². The van der Waals surface area contributed by atoms with Crippen molar-refractivity contribution in [1.29, 1.82) is 0 Å². The first-order chi connectivity index (χ1) is 8.97. The number of hydrogen-bond acceptors (Lipinski definition) is 3. The molecule has 19 heavy (non-hydrogen) atoms. The Morgan fingerprint density at radius 1 is 1.21 bits per heavy atom. The molecule has 0 atom stereocenters. The third-order valence-electron chi connectivity index (χ3n) is 2.50. The van der Waals surface area contributed by atoms with E-state index in [0.29, 0.717) is 22.1 Å². The van der Waals surface area contributed by atoms with E-state index in [1.165, 1.54) is 12.1 Å². The molecule has 0 spiro atoms. The Labute approximate surface area is 123 Å². The Morgan fingerprint density at radius 2 is 1.95 bits per heavy atom. The van der Waals surface area contributed by atoms with E-state index in [-0.39, 0.29) is 5.56 Å². The van der Waals surface area contributed by atoms with Gasteiger partial charge in [-0.05, 0) is 52.3 Å². The van der Waals surface area contributed by atoms with Gasteiger partial charge in [-0.2, -0.15) is 0 Å². The van der Waals surface area contributed by atoms with Crippen molar-refractivity contribution in [3.8, 4) is 0 Å². The van der Waals surface area contributed by atoms with Gasteiger partial charge in [0.15, 0.2) is 0 Å². The maximum absolute atomic E-state index is 10.9. The van der Waals surface area contributed by atoms with E-state index in [2.05, 4.69) is 21.2 Å². The highest BCUT2D eigenvalue weighted by Gasteiger charge is 2.08. The van der Waals surface area contributed by atoms with E-state index >= 15 is 0 Å². The highest BCUT2D eigenvalue weighted by atomic mass is 79.9. The summed E-state index contributed by atoms with van der Waals surface area (Å²) in [7, 11) is 0. The predicted molar refractivity (Wildman–Crippen MR) is 80.2 cm³/mol. The highest BCUT2D eigenvalue weighted by molar-refractivity contribution is 9.10. The fourth-order valence-corrected chi connectivity index (χ4v) is 2.05. The Morgan fingerprint density at radius 3 is 2.63 bits per heavy atom. The molecule has 2 aromatic carbocycles. The molecule has 0 saturated heterocycles. The highest BCUT2D eigenvalue weighted by Crippen LogP contribution is 2.31. The molecular weight excluding hydrogens is 332 g/mol. The summed E-state index contributed by atoms with van der Waals surface area (Å²) in [4.78, 5) is 10.9. The first-order valence-electron chi connectivity index (χ1n) is 5.32. The molecule has 0 aliphatic heterocycles. The van der Waals surface area contributed by atoms with Gasteiger partial charge in [-0.25, -0.2) is 4.79 Å². The van der Waals surface area contributed by atoms with Crippen LogP contribution in [-0.4, -0.2) is 11.1 Å². The summed E-state index contributed by atoms with van der Waals surface area (Å²) in [6.45, 7) is 0. The van der Waals surface area contributed by atoms with Gasteiger partial charge in [-0.1, -0.05) is 11.6 Å². The van der Waals surface area contributed by atoms with Crippen LogP contribution < -0.4 is 11.1 Å². The lowest BCUT2D eigenvalue weighted by atomic mass is 10.1. The molecule has 6 heteroatoms. The predicted octanol–water partition coefficient (Wildman–Crippen LogP) is 4.13. The number of anilines is 3. The zero-order valence-corrected chi connectivity index (χ0v) is 12.0. The van der Waals surface area contributed by atoms with E-state index in [0.717, 1.165) is 4.47 Å². The molecule has 4 N–H and O–H groups in total. The Hall–Kier alpha value is -1.72. The summed E-state index contributed by atoms with van der Waals surface area (Å²) in [5.41, 5.74) is 7.67. The summed E-state index contributed by atoms with van der Waals surface area (Å²) < 4.78 is 0.803. The average molecular weight is 342 g/mol. The van der Waals surface area contributed by atoms with Crippen molar-refractivity contribution in [3.63, 3.8) is 0 Å². The number of nitrogens with two attached hydrogens (primary N) is 1. The van der Waals surface area contributed by atoms with Crippen molar-refractivity contribution in [2.24, 2.45) is 0 Å². The lowest BCUT2D eigenvalue weighted by molar-refractivity contribution is 0.0697. The number of hydrogen-bond donors (Lipinski definition) is 3. The molecule has 0 radical (unpaired) electrons. The average Bonchev–Trinajstić information content (AvgIpc) is 2.36. The quantitative estimate of drug-likeness (QED) is 0.734. The Bertz CT molecular complexity index is 647. The van der Waals surface area contributed by atoms with Crippen LogP contribution in [0.4, 0.5) is 17.1 Å². The van der Waals surface area contributed by atoms with Gasteiger partial charge in [0.1, 0.15) is 0 Å². The maximum Gasteiger partial charge on any atom is 0.335 e. The van der Waals surface area contributed by atoms with Crippen molar-refractivity contribution in [1.82, 2.24) is 0 Å². The molecule has 2 rings (SSSR count). The van der Waals surface area contributed by atoms with Crippen LogP contribution >= 0.6 is 27.5 Å². The number of rotatable bonds is 3. The molecule has 0 unspecified atom stereocenters. The van der Waals surface area contributed by atoms with Crippen molar-refractivity contribution in [2.75, 3.05) is 11.1 Å². The molecule has 0 aliphatic rings. The van der Waals surface area contributed by atoms with Crippen molar-refractivity contribution in [3.05, 3.63) is 51.5 Å². The van der Waals surface area contributed by atoms with Gasteiger partial charge in [0.05, 0.1) is 22.6 Å². The minimum Gasteiger partial charge on any atom is -0.478 e. The second kappa shape index (κ2) is 5.50. The van der Waals surface area contributed by atoms with E-state index in [4.69, 9.17) is 22.4 Å². The normalized spacial score (nSPS) is 10.2. The summed E-state index contributed by atoms with van der Waals surface area (Å²) in [6, 6.07) is 9.74. The van der Waals surface area contributed by atoms with Crippen LogP contribution in [-0.2, 0) is 0 Å². The van der Waals surface area contributed by atoms with Crippen LogP contribution in [0, 0.1) is 0 Å². The topological polar surface area (TPSA) is 75.4 Å². The third kappa shape index (κ3) is 3.19. The van der Waals surface area contributed by atoms with Gasteiger partial charge in [0.25, 0.3) is 0 Å². The molecule has 0 saturated carbocycles. The molecule has 4 nitrogen and oxygen atoms in total. The Balaban J connectivity index is 2.40. The minimum absolute atomic E-state index is 0.162. The van der Waals surface area contributed by atoms with Gasteiger partial charge < -0.3 is 16.2 Å². The van der Waals surface area contributed by atoms with Crippen LogP contribution in [0.1, 0.15) is 10.4 Å². The van der Waals surface area contributed by atoms with E-state index in [9.17, 15) is 4.79 Å². The zero-order chi connectivity index (χ0) is 14.0. The lowest BCUT2D eigenvalue weighted by Gasteiger charge is -2.12. The molecule has 0 fully saturated rings. The summed E-state index contributed by atoms with van der Waals surface area (Å²) in [5.74, 6) is -1.01. The van der Waals surface area contributed by atoms with E-state index in [1.807, 2.05) is 0 Å². The molecule has 0 heterocycles. The van der Waals surface area contributed by atoms with Crippen LogP contribution in [0.2, 0.25) is 5.02 Å². The van der Waals surface area contributed by atoms with Gasteiger partial charge in [0, 0.05) is 9.50 Å². The lowest BCUT2D eigenvalue weighted by Crippen LogP contribution is -2.01. The monoisotopic (exact) mass is 340 g/mol. The molecular formula is C13H10BrClN2O2. The van der Waals surface area contributed by atoms with Crippen molar-refractivity contribution in [2.45, 2.75) is 0 Å². The number of nitrogens with one attached hydrogen (secondary N) is 1. The second-order valence-corrected chi connectivity index (χ2v) is 5.15. The summed E-state index contributed by atoms with van der Waals surface area (Å²) in [6.07, 6.45) is 0. The van der Waals surface area contributed by atoms with Crippen LogP contribution in [0.25, 0.3) is 0 Å². The van der Waals surface area contributed by atoms with Crippen LogP contribution in [0.15, 0.2) is 40.9 Å². The number of nitrogen functional groups attached to an aromatic ring is 1. The molecule has 0 bridgehead atoms. The van der Waals surface area contributed by atoms with Crippen LogP contribution in [0.5, 0.6) is 0 Å². The fourth-order valence-electron chi connectivity index (χ4n) is 1.54. The molecule has 0 aromatic heterocycles. The van der Waals surface area contributed by atoms with Gasteiger partial charge >= 0.3 is 5.97 Å². The smallest absolute Gasteiger partial charge is 0.335 e. The first kappa shape index (κ1) is 13.7. The molecule has 98 valence electrons. The standard InChI is InChI=1S/C13H10BrClN2O2/c14-9-3-2-8(15)6-11(9)17-12-5-7(13(18)19)1-4-10(12)16/h1-6,17H,16H2,(H,18,19). The van der Waals surface area contributed by atoms with Gasteiger partial charge in [-0.3, -0.25) is 0 Å². The van der Waals surface area contributed by atoms with Crippen molar-refractivity contribution >= 4 is 50.6 Å². The molecule has 0 amide bonds.